The molecule has 6 nitrogen and oxygen atoms in total. The predicted molar refractivity (Wildman–Crippen MR) is 73.4 cm³/mol. The highest BCUT2D eigenvalue weighted by molar-refractivity contribution is 5.69. The SMILES string of the molecule is O=[N+]([O-])c1ccccc1-c1nncn1-c1ccccc1. The molecule has 20 heavy (non-hydrogen) atoms. The molecule has 0 saturated heterocycles. The van der Waals surface area contributed by atoms with Crippen LogP contribution in [0.2, 0.25) is 0 Å². The number of benzene rings is 2. The van der Waals surface area contributed by atoms with Gasteiger partial charge in [0.25, 0.3) is 5.69 Å². The maximum Gasteiger partial charge on any atom is 0.280 e. The van der Waals surface area contributed by atoms with Crippen molar-refractivity contribution in [1.82, 2.24) is 14.8 Å². The Morgan fingerprint density at radius 2 is 1.70 bits per heavy atom. The Morgan fingerprint density at radius 3 is 2.45 bits per heavy atom. The summed E-state index contributed by atoms with van der Waals surface area (Å²) in [4.78, 5) is 10.7. The summed E-state index contributed by atoms with van der Waals surface area (Å²) in [6, 6.07) is 16.0. The molecule has 1 aromatic heterocycles. The first-order valence-corrected chi connectivity index (χ1v) is 5.96. The molecule has 6 heteroatoms. The van der Waals surface area contributed by atoms with Crippen molar-refractivity contribution in [3.8, 4) is 17.1 Å². The molecule has 0 bridgehead atoms. The monoisotopic (exact) mass is 266 g/mol. The smallest absolute Gasteiger partial charge is 0.280 e. The lowest BCUT2D eigenvalue weighted by Crippen LogP contribution is -1.99. The van der Waals surface area contributed by atoms with E-state index in [4.69, 9.17) is 0 Å². The van der Waals surface area contributed by atoms with Gasteiger partial charge in [0.05, 0.1) is 10.5 Å². The number of nitrogens with zero attached hydrogens (tertiary/aromatic N) is 4. The number of para-hydroxylation sites is 2. The van der Waals surface area contributed by atoms with Crippen LogP contribution in [0.15, 0.2) is 60.9 Å². The highest BCUT2D eigenvalue weighted by atomic mass is 16.6. The van der Waals surface area contributed by atoms with Gasteiger partial charge in [0.15, 0.2) is 5.82 Å². The third kappa shape index (κ3) is 2.03. The van der Waals surface area contributed by atoms with E-state index in [9.17, 15) is 10.1 Å². The molecular formula is C14H10N4O2. The van der Waals surface area contributed by atoms with Crippen molar-refractivity contribution in [2.75, 3.05) is 0 Å². The van der Waals surface area contributed by atoms with Crippen LogP contribution in [0.5, 0.6) is 0 Å². The maximum absolute atomic E-state index is 11.1. The molecule has 2 aromatic carbocycles. The second-order valence-corrected chi connectivity index (χ2v) is 4.13. The molecule has 3 rings (SSSR count). The lowest BCUT2D eigenvalue weighted by molar-refractivity contribution is -0.384. The molecule has 0 unspecified atom stereocenters. The van der Waals surface area contributed by atoms with Crippen LogP contribution in [0.25, 0.3) is 17.1 Å². The highest BCUT2D eigenvalue weighted by Gasteiger charge is 2.19. The third-order valence-electron chi connectivity index (χ3n) is 2.92. The van der Waals surface area contributed by atoms with E-state index in [0.29, 0.717) is 11.4 Å². The van der Waals surface area contributed by atoms with Gasteiger partial charge in [0.2, 0.25) is 0 Å². The number of aromatic nitrogens is 3. The van der Waals surface area contributed by atoms with Gasteiger partial charge in [-0.2, -0.15) is 0 Å². The summed E-state index contributed by atoms with van der Waals surface area (Å²) in [7, 11) is 0. The Bertz CT molecular complexity index is 753. The van der Waals surface area contributed by atoms with Crippen LogP contribution in [0.4, 0.5) is 5.69 Å². The first kappa shape index (κ1) is 12.0. The Kier molecular flexibility index (Phi) is 2.96. The molecule has 0 atom stereocenters. The zero-order valence-corrected chi connectivity index (χ0v) is 10.4. The first-order chi connectivity index (χ1) is 9.77. The zero-order valence-electron chi connectivity index (χ0n) is 10.4. The normalized spacial score (nSPS) is 10.4. The molecule has 0 aliphatic heterocycles. The molecule has 1 heterocycles. The summed E-state index contributed by atoms with van der Waals surface area (Å²) in [5.41, 5.74) is 1.31. The Balaban J connectivity index is 2.18. The van der Waals surface area contributed by atoms with Gasteiger partial charge in [-0.1, -0.05) is 30.3 Å². The largest absolute Gasteiger partial charge is 0.281 e. The summed E-state index contributed by atoms with van der Waals surface area (Å²) < 4.78 is 1.72. The number of hydrogen-bond acceptors (Lipinski definition) is 4. The van der Waals surface area contributed by atoms with E-state index in [-0.39, 0.29) is 5.69 Å². The van der Waals surface area contributed by atoms with Crippen molar-refractivity contribution < 1.29 is 4.92 Å². The first-order valence-electron chi connectivity index (χ1n) is 5.96. The van der Waals surface area contributed by atoms with Gasteiger partial charge in [-0.15, -0.1) is 10.2 Å². The standard InChI is InChI=1S/C14H10N4O2/c19-18(20)13-9-5-4-8-12(13)14-16-15-10-17(14)11-6-2-1-3-7-11/h1-10H. The van der Waals surface area contributed by atoms with Gasteiger partial charge in [-0.05, 0) is 18.2 Å². The fourth-order valence-electron chi connectivity index (χ4n) is 2.02. The quantitative estimate of drug-likeness (QED) is 0.539. The van der Waals surface area contributed by atoms with Crippen LogP contribution in [0, 0.1) is 10.1 Å². The minimum absolute atomic E-state index is 0.0117. The van der Waals surface area contributed by atoms with Crippen molar-refractivity contribution in [3.05, 3.63) is 71.0 Å². The lowest BCUT2D eigenvalue weighted by Gasteiger charge is -2.06. The van der Waals surface area contributed by atoms with E-state index < -0.39 is 4.92 Å². The molecule has 0 aliphatic rings. The van der Waals surface area contributed by atoms with Crippen molar-refractivity contribution in [2.24, 2.45) is 0 Å². The van der Waals surface area contributed by atoms with Crippen LogP contribution >= 0.6 is 0 Å². The summed E-state index contributed by atoms with van der Waals surface area (Å²) in [5, 5.41) is 19.0. The van der Waals surface area contributed by atoms with Gasteiger partial charge < -0.3 is 0 Å². The second kappa shape index (κ2) is 4.93. The van der Waals surface area contributed by atoms with Crippen LogP contribution < -0.4 is 0 Å². The third-order valence-corrected chi connectivity index (χ3v) is 2.92. The average molecular weight is 266 g/mol. The van der Waals surface area contributed by atoms with E-state index in [1.807, 2.05) is 30.3 Å². The van der Waals surface area contributed by atoms with E-state index in [0.717, 1.165) is 5.69 Å². The minimum Gasteiger partial charge on any atom is -0.281 e. The zero-order chi connectivity index (χ0) is 13.9. The lowest BCUT2D eigenvalue weighted by atomic mass is 10.1. The molecule has 0 N–H and O–H groups in total. The van der Waals surface area contributed by atoms with Crippen LogP contribution in [0.1, 0.15) is 0 Å². The van der Waals surface area contributed by atoms with Crippen molar-refractivity contribution in [1.29, 1.82) is 0 Å². The van der Waals surface area contributed by atoms with Crippen LogP contribution in [-0.2, 0) is 0 Å². The molecule has 0 aliphatic carbocycles. The molecule has 0 radical (unpaired) electrons. The van der Waals surface area contributed by atoms with Gasteiger partial charge in [0.1, 0.15) is 6.33 Å². The fourth-order valence-corrected chi connectivity index (χ4v) is 2.02. The molecule has 0 fully saturated rings. The Hall–Kier alpha value is -3.02. The van der Waals surface area contributed by atoms with Crippen molar-refractivity contribution in [2.45, 2.75) is 0 Å². The van der Waals surface area contributed by atoms with Gasteiger partial charge >= 0.3 is 0 Å². The second-order valence-electron chi connectivity index (χ2n) is 4.13. The van der Waals surface area contributed by atoms with Gasteiger partial charge in [-0.25, -0.2) is 0 Å². The topological polar surface area (TPSA) is 73.8 Å². The van der Waals surface area contributed by atoms with Crippen LogP contribution in [0.3, 0.4) is 0 Å². The van der Waals surface area contributed by atoms with Gasteiger partial charge in [0, 0.05) is 11.8 Å². The van der Waals surface area contributed by atoms with Crippen LogP contribution in [-0.4, -0.2) is 19.7 Å². The molecule has 0 spiro atoms. The molecule has 3 aromatic rings. The summed E-state index contributed by atoms with van der Waals surface area (Å²) >= 11 is 0. The number of nitro benzene ring substituents is 1. The van der Waals surface area contributed by atoms with E-state index in [1.54, 1.807) is 29.1 Å². The summed E-state index contributed by atoms with van der Waals surface area (Å²) in [6.07, 6.45) is 1.54. The van der Waals surface area contributed by atoms with Crippen molar-refractivity contribution >= 4 is 5.69 Å². The molecule has 98 valence electrons. The Morgan fingerprint density at radius 1 is 1.00 bits per heavy atom. The van der Waals surface area contributed by atoms with Gasteiger partial charge in [-0.3, -0.25) is 14.7 Å². The molecule has 0 amide bonds. The predicted octanol–water partition coefficient (Wildman–Crippen LogP) is 2.84. The summed E-state index contributed by atoms with van der Waals surface area (Å²) in [5.74, 6) is 0.448. The highest BCUT2D eigenvalue weighted by Crippen LogP contribution is 2.29. The molecule has 0 saturated carbocycles. The summed E-state index contributed by atoms with van der Waals surface area (Å²) in [6.45, 7) is 0. The number of nitro groups is 1. The number of hydrogen-bond donors (Lipinski definition) is 0. The molecular weight excluding hydrogens is 256 g/mol. The maximum atomic E-state index is 11.1. The Labute approximate surface area is 114 Å². The fraction of sp³-hybridized carbons (Fsp3) is 0. The number of rotatable bonds is 3. The average Bonchev–Trinajstić information content (AvgIpc) is 2.97. The minimum atomic E-state index is -0.417. The van der Waals surface area contributed by atoms with E-state index >= 15 is 0 Å². The van der Waals surface area contributed by atoms with E-state index in [2.05, 4.69) is 10.2 Å². The van der Waals surface area contributed by atoms with Crippen molar-refractivity contribution in [3.63, 3.8) is 0 Å². The van der Waals surface area contributed by atoms with E-state index in [1.165, 1.54) is 6.07 Å².